The van der Waals surface area contributed by atoms with Gasteiger partial charge in [0.1, 0.15) is 6.10 Å². The number of amides is 1. The summed E-state index contributed by atoms with van der Waals surface area (Å²) in [5.74, 6) is -0.425. The maximum Gasteiger partial charge on any atom is 0.303 e. The van der Waals surface area contributed by atoms with Crippen LogP contribution >= 0.6 is 0 Å². The molecule has 0 unspecified atom stereocenters. The first-order chi connectivity index (χ1) is 8.54. The summed E-state index contributed by atoms with van der Waals surface area (Å²) in [4.78, 5) is 24.4. The van der Waals surface area contributed by atoms with Crippen LogP contribution in [0.1, 0.15) is 39.5 Å². The topological polar surface area (TPSA) is 66.8 Å². The number of rotatable bonds is 6. The fourth-order valence-corrected chi connectivity index (χ4v) is 2.41. The van der Waals surface area contributed by atoms with Crippen LogP contribution in [-0.2, 0) is 14.3 Å². The molecule has 1 fully saturated rings. The predicted octanol–water partition coefficient (Wildman–Crippen LogP) is 1.51. The van der Waals surface area contributed by atoms with Crippen LogP contribution in [0.4, 0.5) is 0 Å². The van der Waals surface area contributed by atoms with Crippen molar-refractivity contribution in [2.75, 3.05) is 19.7 Å². The second-order valence-electron chi connectivity index (χ2n) is 4.82. The van der Waals surface area contributed by atoms with Crippen LogP contribution in [0.3, 0.4) is 0 Å². The van der Waals surface area contributed by atoms with Gasteiger partial charge in [-0.1, -0.05) is 0 Å². The number of carbonyl (C=O) groups excluding carboxylic acids is 1. The van der Waals surface area contributed by atoms with Crippen molar-refractivity contribution >= 4 is 11.9 Å². The largest absolute Gasteiger partial charge is 0.481 e. The number of ether oxygens (including phenoxy) is 1. The Kier molecular flexibility index (Phi) is 6.12. The molecular formula is C13H23NO4. The van der Waals surface area contributed by atoms with Crippen LogP contribution < -0.4 is 0 Å². The number of carbonyl (C=O) groups is 2. The molecule has 0 spiro atoms. The highest BCUT2D eigenvalue weighted by atomic mass is 16.5. The van der Waals surface area contributed by atoms with Gasteiger partial charge in [0.25, 0.3) is 5.91 Å². The number of hydrogen-bond donors (Lipinski definition) is 1. The summed E-state index contributed by atoms with van der Waals surface area (Å²) in [6.45, 7) is 5.61. The maximum atomic E-state index is 12.1. The van der Waals surface area contributed by atoms with Gasteiger partial charge in [0.05, 0.1) is 0 Å². The molecule has 1 amide bonds. The fourth-order valence-electron chi connectivity index (χ4n) is 2.41. The van der Waals surface area contributed by atoms with E-state index in [0.717, 1.165) is 19.4 Å². The molecule has 1 heterocycles. The molecule has 1 N–H and O–H groups in total. The minimum absolute atomic E-state index is 0.0249. The first-order valence-corrected chi connectivity index (χ1v) is 6.66. The molecular weight excluding hydrogens is 234 g/mol. The minimum atomic E-state index is -0.763. The van der Waals surface area contributed by atoms with E-state index in [0.29, 0.717) is 25.5 Å². The highest BCUT2D eigenvalue weighted by Gasteiger charge is 2.27. The lowest BCUT2D eigenvalue weighted by Crippen LogP contribution is -2.45. The Labute approximate surface area is 108 Å². The first kappa shape index (κ1) is 15.0. The molecule has 104 valence electrons. The first-order valence-electron chi connectivity index (χ1n) is 6.66. The van der Waals surface area contributed by atoms with E-state index in [1.54, 1.807) is 6.92 Å². The summed E-state index contributed by atoms with van der Waals surface area (Å²) in [6.07, 6.45) is 2.42. The van der Waals surface area contributed by atoms with Crippen LogP contribution in [0.15, 0.2) is 0 Å². The van der Waals surface area contributed by atoms with Gasteiger partial charge in [-0.3, -0.25) is 9.59 Å². The van der Waals surface area contributed by atoms with E-state index in [9.17, 15) is 9.59 Å². The Balaban J connectivity index is 2.42. The van der Waals surface area contributed by atoms with Gasteiger partial charge in [0.2, 0.25) is 0 Å². The minimum Gasteiger partial charge on any atom is -0.481 e. The summed E-state index contributed by atoms with van der Waals surface area (Å²) in [7, 11) is 0. The Morgan fingerprint density at radius 3 is 2.83 bits per heavy atom. The number of hydrogen-bond acceptors (Lipinski definition) is 3. The second-order valence-corrected chi connectivity index (χ2v) is 4.82. The third-order valence-corrected chi connectivity index (χ3v) is 3.36. The average Bonchev–Trinajstić information content (AvgIpc) is 2.36. The Bertz CT molecular complexity index is 293. The van der Waals surface area contributed by atoms with Crippen molar-refractivity contribution in [3.8, 4) is 0 Å². The maximum absolute atomic E-state index is 12.1. The summed E-state index contributed by atoms with van der Waals surface area (Å²) >= 11 is 0. The van der Waals surface area contributed by atoms with Crippen molar-refractivity contribution in [2.45, 2.75) is 45.6 Å². The number of nitrogens with zero attached hydrogens (tertiary/aromatic N) is 1. The lowest BCUT2D eigenvalue weighted by Gasteiger charge is -2.34. The average molecular weight is 257 g/mol. The number of likely N-dealkylation sites (tertiary alicyclic amines) is 1. The van der Waals surface area contributed by atoms with Gasteiger partial charge in [-0.15, -0.1) is 0 Å². The molecule has 18 heavy (non-hydrogen) atoms. The molecule has 5 heteroatoms. The van der Waals surface area contributed by atoms with Crippen molar-refractivity contribution in [3.05, 3.63) is 0 Å². The molecule has 1 rings (SSSR count). The predicted molar refractivity (Wildman–Crippen MR) is 67.3 cm³/mol. The van der Waals surface area contributed by atoms with Crippen LogP contribution in [0.2, 0.25) is 0 Å². The quantitative estimate of drug-likeness (QED) is 0.783. The Morgan fingerprint density at radius 1 is 1.50 bits per heavy atom. The molecule has 0 radical (unpaired) electrons. The molecule has 0 bridgehead atoms. The molecule has 0 aromatic heterocycles. The molecule has 1 saturated heterocycles. The SMILES string of the molecule is CCO[C@@H](C)C(=O)N1CCC[C@H](CCC(=O)O)C1. The van der Waals surface area contributed by atoms with Gasteiger partial charge in [-0.05, 0) is 39.0 Å². The van der Waals surface area contributed by atoms with Gasteiger partial charge in [-0.25, -0.2) is 0 Å². The molecule has 0 aliphatic carbocycles. The third-order valence-electron chi connectivity index (χ3n) is 3.36. The number of carboxylic acids is 1. The zero-order chi connectivity index (χ0) is 13.5. The zero-order valence-electron chi connectivity index (χ0n) is 11.2. The normalized spacial score (nSPS) is 21.7. The summed E-state index contributed by atoms with van der Waals surface area (Å²) in [5, 5.41) is 8.68. The van der Waals surface area contributed by atoms with Gasteiger partial charge in [-0.2, -0.15) is 0 Å². The Morgan fingerprint density at radius 2 is 2.22 bits per heavy atom. The van der Waals surface area contributed by atoms with Crippen molar-refractivity contribution < 1.29 is 19.4 Å². The number of carboxylic acid groups (broad SMARTS) is 1. The van der Waals surface area contributed by atoms with Crippen LogP contribution in [0.5, 0.6) is 0 Å². The van der Waals surface area contributed by atoms with Gasteiger partial charge >= 0.3 is 5.97 Å². The van der Waals surface area contributed by atoms with Crippen molar-refractivity contribution in [2.24, 2.45) is 5.92 Å². The molecule has 0 saturated carbocycles. The van der Waals surface area contributed by atoms with Gasteiger partial charge in [0, 0.05) is 26.1 Å². The number of aliphatic carboxylic acids is 1. The number of piperidine rings is 1. The summed E-state index contributed by atoms with van der Waals surface area (Å²) < 4.78 is 5.30. The van der Waals surface area contributed by atoms with Crippen LogP contribution in [-0.4, -0.2) is 47.7 Å². The Hall–Kier alpha value is -1.10. The monoisotopic (exact) mass is 257 g/mol. The standard InChI is InChI=1S/C13H23NO4/c1-3-18-10(2)13(17)14-8-4-5-11(9-14)6-7-12(15)16/h10-11H,3-9H2,1-2H3,(H,15,16)/t10-,11+/m0/s1. The fraction of sp³-hybridized carbons (Fsp3) is 0.846. The highest BCUT2D eigenvalue weighted by molar-refractivity contribution is 5.80. The summed E-state index contributed by atoms with van der Waals surface area (Å²) in [5.41, 5.74) is 0. The van der Waals surface area contributed by atoms with E-state index in [1.165, 1.54) is 0 Å². The highest BCUT2D eigenvalue weighted by Crippen LogP contribution is 2.21. The lowest BCUT2D eigenvalue weighted by atomic mass is 9.93. The van der Waals surface area contributed by atoms with Crippen LogP contribution in [0, 0.1) is 5.92 Å². The molecule has 1 aliphatic heterocycles. The lowest BCUT2D eigenvalue weighted by molar-refractivity contribution is -0.144. The van der Waals surface area contributed by atoms with E-state index in [2.05, 4.69) is 0 Å². The molecule has 0 aromatic rings. The van der Waals surface area contributed by atoms with Gasteiger partial charge in [0.15, 0.2) is 0 Å². The smallest absolute Gasteiger partial charge is 0.303 e. The van der Waals surface area contributed by atoms with Crippen molar-refractivity contribution in [1.29, 1.82) is 0 Å². The second kappa shape index (κ2) is 7.36. The van der Waals surface area contributed by atoms with Crippen molar-refractivity contribution in [1.82, 2.24) is 4.90 Å². The van der Waals surface area contributed by atoms with Crippen molar-refractivity contribution in [3.63, 3.8) is 0 Å². The molecule has 0 aromatic carbocycles. The van der Waals surface area contributed by atoms with E-state index in [4.69, 9.17) is 9.84 Å². The summed E-state index contributed by atoms with van der Waals surface area (Å²) in [6, 6.07) is 0. The molecule has 1 aliphatic rings. The van der Waals surface area contributed by atoms with E-state index in [-0.39, 0.29) is 12.3 Å². The van der Waals surface area contributed by atoms with Crippen LogP contribution in [0.25, 0.3) is 0 Å². The third kappa shape index (κ3) is 4.64. The molecule has 5 nitrogen and oxygen atoms in total. The van der Waals surface area contributed by atoms with E-state index >= 15 is 0 Å². The van der Waals surface area contributed by atoms with Gasteiger partial charge < -0.3 is 14.7 Å². The van der Waals surface area contributed by atoms with E-state index in [1.807, 2.05) is 11.8 Å². The zero-order valence-corrected chi connectivity index (χ0v) is 11.2. The molecule has 2 atom stereocenters. The van der Waals surface area contributed by atoms with E-state index < -0.39 is 12.1 Å².